The predicted molar refractivity (Wildman–Crippen MR) is 66.2 cm³/mol. The van der Waals surface area contributed by atoms with E-state index in [1.54, 1.807) is 0 Å². The van der Waals surface area contributed by atoms with Crippen LogP contribution in [-0.2, 0) is 0 Å². The van der Waals surface area contributed by atoms with Crippen LogP contribution < -0.4 is 5.73 Å². The maximum absolute atomic E-state index is 5.97. The summed E-state index contributed by atoms with van der Waals surface area (Å²) >= 11 is 5.97. The van der Waals surface area contributed by atoms with Crippen LogP contribution in [0.4, 0.5) is 0 Å². The van der Waals surface area contributed by atoms with Gasteiger partial charge in [0.05, 0.1) is 0 Å². The zero-order valence-electron chi connectivity index (χ0n) is 9.41. The number of rotatable bonds is 5. The van der Waals surface area contributed by atoms with Crippen molar-refractivity contribution in [3.8, 4) is 0 Å². The summed E-state index contributed by atoms with van der Waals surface area (Å²) < 4.78 is 0. The summed E-state index contributed by atoms with van der Waals surface area (Å²) in [6.07, 6.45) is 0. The van der Waals surface area contributed by atoms with Gasteiger partial charge in [-0.05, 0) is 31.2 Å². The second kappa shape index (κ2) is 6.11. The van der Waals surface area contributed by atoms with E-state index in [9.17, 15) is 0 Å². The Labute approximate surface area is 97.0 Å². The van der Waals surface area contributed by atoms with Crippen LogP contribution in [0.3, 0.4) is 0 Å². The quantitative estimate of drug-likeness (QED) is 0.837. The monoisotopic (exact) mass is 226 g/mol. The molecule has 0 unspecified atom stereocenters. The molecule has 0 aliphatic heterocycles. The van der Waals surface area contributed by atoms with Gasteiger partial charge in [-0.1, -0.05) is 30.7 Å². The van der Waals surface area contributed by atoms with Gasteiger partial charge < -0.3 is 5.73 Å². The summed E-state index contributed by atoms with van der Waals surface area (Å²) in [6, 6.07) is 8.39. The van der Waals surface area contributed by atoms with Gasteiger partial charge in [-0.2, -0.15) is 0 Å². The van der Waals surface area contributed by atoms with Crippen LogP contribution in [0.25, 0.3) is 0 Å². The number of benzene rings is 1. The molecule has 3 heteroatoms. The van der Waals surface area contributed by atoms with Gasteiger partial charge >= 0.3 is 0 Å². The predicted octanol–water partition coefficient (Wildman–Crippen LogP) is 2.68. The molecule has 0 saturated heterocycles. The SMILES string of the molecule is CCN(CCN)[C@@H](C)c1cccc(Cl)c1. The lowest BCUT2D eigenvalue weighted by molar-refractivity contribution is 0.228. The van der Waals surface area contributed by atoms with Crippen LogP contribution in [0.2, 0.25) is 5.02 Å². The van der Waals surface area contributed by atoms with E-state index < -0.39 is 0 Å². The van der Waals surface area contributed by atoms with E-state index in [0.29, 0.717) is 12.6 Å². The summed E-state index contributed by atoms with van der Waals surface area (Å²) in [5, 5.41) is 0.795. The summed E-state index contributed by atoms with van der Waals surface area (Å²) in [7, 11) is 0. The standard InChI is InChI=1S/C12H19ClN2/c1-3-15(8-7-14)10(2)11-5-4-6-12(13)9-11/h4-6,9-10H,3,7-8,14H2,1-2H3/t10-/m0/s1. The molecule has 84 valence electrons. The van der Waals surface area contributed by atoms with E-state index in [2.05, 4.69) is 24.8 Å². The number of halogens is 1. The molecule has 0 radical (unpaired) electrons. The third-order valence-corrected chi connectivity index (χ3v) is 2.94. The van der Waals surface area contributed by atoms with Crippen molar-refractivity contribution < 1.29 is 0 Å². The maximum Gasteiger partial charge on any atom is 0.0409 e. The van der Waals surface area contributed by atoms with Crippen LogP contribution in [0.1, 0.15) is 25.5 Å². The summed E-state index contributed by atoms with van der Waals surface area (Å²) in [5.41, 5.74) is 6.83. The molecule has 2 N–H and O–H groups in total. The van der Waals surface area contributed by atoms with Gasteiger partial charge in [-0.25, -0.2) is 0 Å². The third kappa shape index (κ3) is 3.49. The molecule has 0 aromatic heterocycles. The molecule has 0 amide bonds. The largest absolute Gasteiger partial charge is 0.329 e. The first kappa shape index (κ1) is 12.5. The molecule has 1 aromatic rings. The van der Waals surface area contributed by atoms with Crippen LogP contribution >= 0.6 is 11.6 Å². The van der Waals surface area contributed by atoms with E-state index in [4.69, 9.17) is 17.3 Å². The Bertz CT molecular complexity index is 301. The second-order valence-corrected chi connectivity index (χ2v) is 4.08. The van der Waals surface area contributed by atoms with Crippen molar-refractivity contribution in [3.05, 3.63) is 34.9 Å². The van der Waals surface area contributed by atoms with Crippen LogP contribution in [0, 0.1) is 0 Å². The highest BCUT2D eigenvalue weighted by Crippen LogP contribution is 2.22. The van der Waals surface area contributed by atoms with E-state index in [-0.39, 0.29) is 0 Å². The molecule has 0 aliphatic rings. The number of nitrogens with two attached hydrogens (primary N) is 1. The second-order valence-electron chi connectivity index (χ2n) is 3.65. The highest BCUT2D eigenvalue weighted by atomic mass is 35.5. The molecular formula is C12H19ClN2. The molecule has 1 atom stereocenters. The Hall–Kier alpha value is -0.570. The van der Waals surface area contributed by atoms with E-state index in [0.717, 1.165) is 18.1 Å². The number of nitrogens with zero attached hydrogens (tertiary/aromatic N) is 1. The fraction of sp³-hybridized carbons (Fsp3) is 0.500. The highest BCUT2D eigenvalue weighted by molar-refractivity contribution is 6.30. The summed E-state index contributed by atoms with van der Waals surface area (Å²) in [5.74, 6) is 0. The van der Waals surface area contributed by atoms with Crippen LogP contribution in [0.5, 0.6) is 0 Å². The maximum atomic E-state index is 5.97. The van der Waals surface area contributed by atoms with Crippen molar-refractivity contribution in [2.45, 2.75) is 19.9 Å². The Morgan fingerprint density at radius 2 is 2.20 bits per heavy atom. The van der Waals surface area contributed by atoms with Gasteiger partial charge in [0.25, 0.3) is 0 Å². The fourth-order valence-electron chi connectivity index (χ4n) is 1.77. The van der Waals surface area contributed by atoms with Crippen LogP contribution in [0.15, 0.2) is 24.3 Å². The average molecular weight is 227 g/mol. The minimum atomic E-state index is 0.372. The minimum absolute atomic E-state index is 0.372. The molecule has 1 rings (SSSR count). The van der Waals surface area contributed by atoms with Gasteiger partial charge in [-0.15, -0.1) is 0 Å². The lowest BCUT2D eigenvalue weighted by atomic mass is 10.1. The molecule has 0 fully saturated rings. The Morgan fingerprint density at radius 3 is 2.73 bits per heavy atom. The number of likely N-dealkylation sites (N-methyl/N-ethyl adjacent to an activating group) is 1. The molecular weight excluding hydrogens is 208 g/mol. The van der Waals surface area contributed by atoms with Gasteiger partial charge in [0, 0.05) is 24.2 Å². The van der Waals surface area contributed by atoms with E-state index >= 15 is 0 Å². The first-order valence-corrected chi connectivity index (χ1v) is 5.76. The average Bonchev–Trinajstić information content (AvgIpc) is 2.25. The molecule has 1 aromatic carbocycles. The molecule has 2 nitrogen and oxygen atoms in total. The molecule has 0 spiro atoms. The van der Waals surface area contributed by atoms with E-state index in [1.807, 2.05) is 18.2 Å². The first-order chi connectivity index (χ1) is 7.19. The van der Waals surface area contributed by atoms with Gasteiger partial charge in [0.1, 0.15) is 0 Å². The molecule has 0 heterocycles. The first-order valence-electron chi connectivity index (χ1n) is 5.38. The van der Waals surface area contributed by atoms with Crippen molar-refractivity contribution in [1.82, 2.24) is 4.90 Å². The molecule has 0 aliphatic carbocycles. The number of hydrogen-bond acceptors (Lipinski definition) is 2. The fourth-order valence-corrected chi connectivity index (χ4v) is 1.97. The minimum Gasteiger partial charge on any atom is -0.329 e. The van der Waals surface area contributed by atoms with Gasteiger partial charge in [0.2, 0.25) is 0 Å². The molecule has 0 bridgehead atoms. The van der Waals surface area contributed by atoms with Gasteiger partial charge in [0.15, 0.2) is 0 Å². The smallest absolute Gasteiger partial charge is 0.0409 e. The summed E-state index contributed by atoms with van der Waals surface area (Å²) in [4.78, 5) is 2.34. The van der Waals surface area contributed by atoms with Crippen molar-refractivity contribution >= 4 is 11.6 Å². The van der Waals surface area contributed by atoms with Crippen LogP contribution in [-0.4, -0.2) is 24.5 Å². The lowest BCUT2D eigenvalue weighted by Gasteiger charge is -2.27. The van der Waals surface area contributed by atoms with Crippen molar-refractivity contribution in [1.29, 1.82) is 0 Å². The normalized spacial score (nSPS) is 13.1. The zero-order chi connectivity index (χ0) is 11.3. The molecule has 0 saturated carbocycles. The van der Waals surface area contributed by atoms with Gasteiger partial charge in [-0.3, -0.25) is 4.90 Å². The molecule has 15 heavy (non-hydrogen) atoms. The van der Waals surface area contributed by atoms with E-state index in [1.165, 1.54) is 5.56 Å². The topological polar surface area (TPSA) is 29.3 Å². The number of hydrogen-bond donors (Lipinski definition) is 1. The Morgan fingerprint density at radius 1 is 1.47 bits per heavy atom. The Balaban J connectivity index is 2.77. The van der Waals surface area contributed by atoms with Crippen molar-refractivity contribution in [3.63, 3.8) is 0 Å². The third-order valence-electron chi connectivity index (χ3n) is 2.70. The van der Waals surface area contributed by atoms with Crippen molar-refractivity contribution in [2.75, 3.05) is 19.6 Å². The highest BCUT2D eigenvalue weighted by Gasteiger charge is 2.12. The lowest BCUT2D eigenvalue weighted by Crippen LogP contribution is -2.31. The zero-order valence-corrected chi connectivity index (χ0v) is 10.2. The van der Waals surface area contributed by atoms with Crippen molar-refractivity contribution in [2.24, 2.45) is 5.73 Å². The summed E-state index contributed by atoms with van der Waals surface area (Å²) in [6.45, 7) is 6.95. The Kier molecular flexibility index (Phi) is 5.09.